The molecule has 0 radical (unpaired) electrons. The molecule has 0 saturated heterocycles. The highest BCUT2D eigenvalue weighted by Crippen LogP contribution is 2.16. The highest BCUT2D eigenvalue weighted by atomic mass is 16.3. The van der Waals surface area contributed by atoms with E-state index in [0.29, 0.717) is 12.0 Å². The van der Waals surface area contributed by atoms with Gasteiger partial charge in [-0.1, -0.05) is 12.2 Å². The number of hydrogen-bond acceptors (Lipinski definition) is 2. The molecule has 1 N–H and O–H groups in total. The molecule has 1 rings (SSSR count). The van der Waals surface area contributed by atoms with Gasteiger partial charge in [0, 0.05) is 6.42 Å². The Morgan fingerprint density at radius 3 is 3.00 bits per heavy atom. The van der Waals surface area contributed by atoms with Crippen molar-refractivity contribution in [1.82, 2.24) is 0 Å². The first-order chi connectivity index (χ1) is 5.22. The minimum Gasteiger partial charge on any atom is -0.512 e. The van der Waals surface area contributed by atoms with Crippen LogP contribution in [0.15, 0.2) is 23.5 Å². The predicted octanol–water partition coefficient (Wildman–Crippen LogP) is 2.13. The lowest BCUT2D eigenvalue weighted by Gasteiger charge is -1.99. The molecule has 0 aromatic carbocycles. The SMILES string of the molecule is CC(=O)C1=C(O)CCCC=C1. The molecule has 0 atom stereocenters. The molecule has 0 amide bonds. The predicted molar refractivity (Wildman–Crippen MR) is 43.3 cm³/mol. The van der Waals surface area contributed by atoms with Crippen LogP contribution in [0, 0.1) is 0 Å². The van der Waals surface area contributed by atoms with E-state index in [4.69, 9.17) is 0 Å². The fourth-order valence-electron chi connectivity index (χ4n) is 1.14. The summed E-state index contributed by atoms with van der Waals surface area (Å²) in [5, 5.41) is 9.33. The van der Waals surface area contributed by atoms with E-state index in [1.807, 2.05) is 6.08 Å². The van der Waals surface area contributed by atoms with Gasteiger partial charge >= 0.3 is 0 Å². The van der Waals surface area contributed by atoms with Crippen LogP contribution in [0.3, 0.4) is 0 Å². The first-order valence-electron chi connectivity index (χ1n) is 3.81. The number of aliphatic hydroxyl groups is 1. The third-order valence-corrected chi connectivity index (χ3v) is 1.76. The van der Waals surface area contributed by atoms with Gasteiger partial charge in [0.15, 0.2) is 5.78 Å². The Labute approximate surface area is 66.2 Å². The number of ketones is 1. The van der Waals surface area contributed by atoms with Gasteiger partial charge in [-0.15, -0.1) is 0 Å². The van der Waals surface area contributed by atoms with Crippen LogP contribution >= 0.6 is 0 Å². The van der Waals surface area contributed by atoms with Crippen LogP contribution in [0.2, 0.25) is 0 Å². The van der Waals surface area contributed by atoms with Crippen LogP contribution in [0.25, 0.3) is 0 Å². The van der Waals surface area contributed by atoms with Crippen molar-refractivity contribution >= 4 is 5.78 Å². The van der Waals surface area contributed by atoms with E-state index in [2.05, 4.69) is 0 Å². The lowest BCUT2D eigenvalue weighted by Crippen LogP contribution is -1.97. The maximum absolute atomic E-state index is 10.9. The standard InChI is InChI=1S/C9H12O2/c1-7(10)8-5-3-2-4-6-9(8)11/h3,5,11H,2,4,6H2,1H3. The Bertz CT molecular complexity index is 224. The first kappa shape index (κ1) is 8.05. The summed E-state index contributed by atoms with van der Waals surface area (Å²) in [6, 6.07) is 0. The van der Waals surface area contributed by atoms with Crippen molar-refractivity contribution in [2.24, 2.45) is 0 Å². The second-order valence-electron chi connectivity index (χ2n) is 2.71. The molecule has 0 aromatic rings. The molecule has 0 aliphatic heterocycles. The summed E-state index contributed by atoms with van der Waals surface area (Å²) in [6.45, 7) is 1.47. The summed E-state index contributed by atoms with van der Waals surface area (Å²) in [5.74, 6) is 0.187. The van der Waals surface area contributed by atoms with E-state index in [1.165, 1.54) is 6.92 Å². The molecule has 0 heterocycles. The summed E-state index contributed by atoms with van der Waals surface area (Å²) in [5.41, 5.74) is 0.475. The number of hydrogen-bond donors (Lipinski definition) is 1. The zero-order valence-electron chi connectivity index (χ0n) is 6.63. The molecule has 11 heavy (non-hydrogen) atoms. The fourth-order valence-corrected chi connectivity index (χ4v) is 1.14. The Kier molecular flexibility index (Phi) is 2.47. The van der Waals surface area contributed by atoms with Gasteiger partial charge < -0.3 is 5.11 Å². The average molecular weight is 152 g/mol. The van der Waals surface area contributed by atoms with Gasteiger partial charge in [0.25, 0.3) is 0 Å². The summed E-state index contributed by atoms with van der Waals surface area (Å²) in [6.07, 6.45) is 6.15. The van der Waals surface area contributed by atoms with Crippen LogP contribution in [0.4, 0.5) is 0 Å². The van der Waals surface area contributed by atoms with E-state index in [-0.39, 0.29) is 11.5 Å². The van der Waals surface area contributed by atoms with Crippen molar-refractivity contribution < 1.29 is 9.90 Å². The van der Waals surface area contributed by atoms with Gasteiger partial charge in [-0.05, 0) is 19.8 Å². The van der Waals surface area contributed by atoms with Gasteiger partial charge in [-0.25, -0.2) is 0 Å². The average Bonchev–Trinajstić information content (AvgIpc) is 2.13. The van der Waals surface area contributed by atoms with Crippen LogP contribution in [-0.4, -0.2) is 10.9 Å². The molecule has 0 spiro atoms. The summed E-state index contributed by atoms with van der Waals surface area (Å²) in [4.78, 5) is 10.9. The number of carbonyl (C=O) groups is 1. The second kappa shape index (κ2) is 3.37. The summed E-state index contributed by atoms with van der Waals surface area (Å²) < 4.78 is 0. The number of carbonyl (C=O) groups excluding carboxylic acids is 1. The Hall–Kier alpha value is -1.05. The zero-order chi connectivity index (χ0) is 8.27. The summed E-state index contributed by atoms with van der Waals surface area (Å²) >= 11 is 0. The lowest BCUT2D eigenvalue weighted by molar-refractivity contribution is -0.113. The van der Waals surface area contributed by atoms with Gasteiger partial charge in [-0.3, -0.25) is 4.79 Å². The highest BCUT2D eigenvalue weighted by molar-refractivity contribution is 5.96. The van der Waals surface area contributed by atoms with Gasteiger partial charge in [0.2, 0.25) is 0 Å². The Morgan fingerprint density at radius 1 is 1.64 bits per heavy atom. The van der Waals surface area contributed by atoms with E-state index in [1.54, 1.807) is 6.08 Å². The Balaban J connectivity index is 2.91. The molecule has 0 fully saturated rings. The van der Waals surface area contributed by atoms with Crippen molar-refractivity contribution in [3.8, 4) is 0 Å². The van der Waals surface area contributed by atoms with Gasteiger partial charge in [0.05, 0.1) is 5.57 Å². The van der Waals surface area contributed by atoms with Gasteiger partial charge in [-0.2, -0.15) is 0 Å². The maximum atomic E-state index is 10.9. The number of Topliss-reactive ketones (excluding diaryl/α,β-unsaturated/α-hetero) is 1. The lowest BCUT2D eigenvalue weighted by atomic mass is 10.1. The van der Waals surface area contributed by atoms with Crippen molar-refractivity contribution in [3.63, 3.8) is 0 Å². The molecular weight excluding hydrogens is 140 g/mol. The molecule has 60 valence electrons. The Morgan fingerprint density at radius 2 is 2.36 bits per heavy atom. The topological polar surface area (TPSA) is 37.3 Å². The number of allylic oxidation sites excluding steroid dienone is 4. The van der Waals surface area contributed by atoms with E-state index in [0.717, 1.165) is 12.8 Å². The molecule has 0 saturated carbocycles. The minimum atomic E-state index is -0.0550. The van der Waals surface area contributed by atoms with Crippen LogP contribution < -0.4 is 0 Å². The van der Waals surface area contributed by atoms with Gasteiger partial charge in [0.1, 0.15) is 5.76 Å². The molecule has 0 aromatic heterocycles. The van der Waals surface area contributed by atoms with Crippen molar-refractivity contribution in [2.75, 3.05) is 0 Å². The zero-order valence-corrected chi connectivity index (χ0v) is 6.63. The molecule has 0 bridgehead atoms. The fraction of sp³-hybridized carbons (Fsp3) is 0.444. The molecule has 1 aliphatic carbocycles. The first-order valence-corrected chi connectivity index (χ1v) is 3.81. The van der Waals surface area contributed by atoms with Crippen LogP contribution in [0.1, 0.15) is 26.2 Å². The maximum Gasteiger partial charge on any atom is 0.163 e. The molecule has 1 aliphatic rings. The quantitative estimate of drug-likeness (QED) is 0.625. The second-order valence-corrected chi connectivity index (χ2v) is 2.71. The molecule has 2 heteroatoms. The van der Waals surface area contributed by atoms with E-state index >= 15 is 0 Å². The van der Waals surface area contributed by atoms with E-state index < -0.39 is 0 Å². The highest BCUT2D eigenvalue weighted by Gasteiger charge is 2.09. The van der Waals surface area contributed by atoms with Crippen molar-refractivity contribution in [3.05, 3.63) is 23.5 Å². The molecule has 0 unspecified atom stereocenters. The molecular formula is C9H12O2. The minimum absolute atomic E-state index is 0.0550. The van der Waals surface area contributed by atoms with Crippen molar-refractivity contribution in [2.45, 2.75) is 26.2 Å². The third-order valence-electron chi connectivity index (χ3n) is 1.76. The third kappa shape index (κ3) is 1.93. The number of aliphatic hydroxyl groups excluding tert-OH is 1. The smallest absolute Gasteiger partial charge is 0.163 e. The largest absolute Gasteiger partial charge is 0.512 e. The van der Waals surface area contributed by atoms with Crippen LogP contribution in [-0.2, 0) is 4.79 Å². The monoisotopic (exact) mass is 152 g/mol. The summed E-state index contributed by atoms with van der Waals surface area (Å²) in [7, 11) is 0. The van der Waals surface area contributed by atoms with Crippen molar-refractivity contribution in [1.29, 1.82) is 0 Å². The normalized spacial score (nSPS) is 18.3. The molecule has 2 nitrogen and oxygen atoms in total. The van der Waals surface area contributed by atoms with Crippen LogP contribution in [0.5, 0.6) is 0 Å². The number of rotatable bonds is 1. The van der Waals surface area contributed by atoms with E-state index in [9.17, 15) is 9.90 Å².